The lowest BCUT2D eigenvalue weighted by Gasteiger charge is -2.24. The first-order valence-electron chi connectivity index (χ1n) is 11.5. The SMILES string of the molecule is CCN(c1ccccc1)S(=O)(=O)c1cc(C(=O)O[C@H](C)C(=O)NCc2ccc(OC)cc2)ccc1C. The molecule has 0 aliphatic carbocycles. The first-order chi connectivity index (χ1) is 17.2. The number of methoxy groups -OCH3 is 1. The maximum Gasteiger partial charge on any atom is 0.338 e. The van der Waals surface area contributed by atoms with Gasteiger partial charge in [0.2, 0.25) is 0 Å². The molecule has 0 bridgehead atoms. The van der Waals surface area contributed by atoms with Crippen LogP contribution in [0, 0.1) is 6.92 Å². The number of benzene rings is 3. The summed E-state index contributed by atoms with van der Waals surface area (Å²) >= 11 is 0. The standard InChI is InChI=1S/C27H30N2O6S/c1-5-29(23-9-7-6-8-10-23)36(32,33)25-17-22(14-11-19(25)2)27(31)35-20(3)26(30)28-18-21-12-15-24(34-4)16-13-21/h6-17,20H,5,18H2,1-4H3,(H,28,30)/t20-/m1/s1. The maximum atomic E-state index is 13.5. The number of carbonyl (C=O) groups is 2. The fraction of sp³-hybridized carbons (Fsp3) is 0.259. The molecular formula is C27H30N2O6S. The number of hydrogen-bond donors (Lipinski definition) is 1. The van der Waals surface area contributed by atoms with Crippen LogP contribution in [0.4, 0.5) is 5.69 Å². The van der Waals surface area contributed by atoms with Gasteiger partial charge in [0.15, 0.2) is 6.10 Å². The highest BCUT2D eigenvalue weighted by atomic mass is 32.2. The Morgan fingerprint density at radius 2 is 1.67 bits per heavy atom. The largest absolute Gasteiger partial charge is 0.497 e. The predicted octanol–water partition coefficient (Wildman–Crippen LogP) is 4.08. The van der Waals surface area contributed by atoms with Crippen LogP contribution in [-0.2, 0) is 26.1 Å². The van der Waals surface area contributed by atoms with Gasteiger partial charge in [0.05, 0.1) is 23.3 Å². The van der Waals surface area contributed by atoms with Gasteiger partial charge in [-0.3, -0.25) is 9.10 Å². The van der Waals surface area contributed by atoms with Crippen LogP contribution in [0.15, 0.2) is 77.7 Å². The van der Waals surface area contributed by atoms with Gasteiger partial charge >= 0.3 is 5.97 Å². The molecule has 3 rings (SSSR count). The summed E-state index contributed by atoms with van der Waals surface area (Å²) in [6.07, 6.45) is -1.08. The summed E-state index contributed by atoms with van der Waals surface area (Å²) in [5, 5.41) is 2.72. The molecule has 1 amide bonds. The molecule has 0 aliphatic rings. The quantitative estimate of drug-likeness (QED) is 0.413. The minimum Gasteiger partial charge on any atom is -0.497 e. The van der Waals surface area contributed by atoms with E-state index in [0.29, 0.717) is 17.0 Å². The lowest BCUT2D eigenvalue weighted by atomic mass is 10.1. The molecule has 0 fully saturated rings. The minimum atomic E-state index is -3.94. The molecule has 0 heterocycles. The molecule has 9 heteroatoms. The van der Waals surface area contributed by atoms with Crippen molar-refractivity contribution in [1.29, 1.82) is 0 Å². The molecule has 0 aliphatic heterocycles. The van der Waals surface area contributed by atoms with E-state index >= 15 is 0 Å². The number of nitrogens with one attached hydrogen (secondary N) is 1. The summed E-state index contributed by atoms with van der Waals surface area (Å²) in [7, 11) is -2.37. The second kappa shape index (κ2) is 11.7. The van der Waals surface area contributed by atoms with Gasteiger partial charge in [-0.2, -0.15) is 0 Å². The molecule has 0 spiro atoms. The van der Waals surface area contributed by atoms with E-state index in [1.165, 1.54) is 23.4 Å². The number of carbonyl (C=O) groups excluding carboxylic acids is 2. The van der Waals surface area contributed by atoms with E-state index in [9.17, 15) is 18.0 Å². The number of ether oxygens (including phenoxy) is 2. The zero-order valence-electron chi connectivity index (χ0n) is 20.7. The van der Waals surface area contributed by atoms with Crippen LogP contribution in [0.25, 0.3) is 0 Å². The minimum absolute atomic E-state index is 0.000682. The third-order valence-corrected chi connectivity index (χ3v) is 7.65. The van der Waals surface area contributed by atoms with Gasteiger partial charge < -0.3 is 14.8 Å². The first kappa shape index (κ1) is 26.7. The second-order valence-corrected chi connectivity index (χ2v) is 9.93. The lowest BCUT2D eigenvalue weighted by molar-refractivity contribution is -0.129. The summed E-state index contributed by atoms with van der Waals surface area (Å²) in [5.74, 6) is -0.556. The van der Waals surface area contributed by atoms with Crippen LogP contribution in [-0.4, -0.2) is 40.1 Å². The average molecular weight is 511 g/mol. The van der Waals surface area contributed by atoms with Crippen LogP contribution in [0.5, 0.6) is 5.75 Å². The average Bonchev–Trinajstić information content (AvgIpc) is 2.88. The highest BCUT2D eigenvalue weighted by Gasteiger charge is 2.27. The Hall–Kier alpha value is -3.85. The molecule has 36 heavy (non-hydrogen) atoms. The lowest BCUT2D eigenvalue weighted by Crippen LogP contribution is -2.35. The van der Waals surface area contributed by atoms with Crippen molar-refractivity contribution in [3.63, 3.8) is 0 Å². The smallest absolute Gasteiger partial charge is 0.338 e. The second-order valence-electron chi connectivity index (χ2n) is 8.10. The molecule has 8 nitrogen and oxygen atoms in total. The summed E-state index contributed by atoms with van der Waals surface area (Å²) in [5.41, 5.74) is 1.91. The number of nitrogens with zero attached hydrogens (tertiary/aromatic N) is 1. The van der Waals surface area contributed by atoms with Crippen LogP contribution in [0.2, 0.25) is 0 Å². The van der Waals surface area contributed by atoms with E-state index in [1.54, 1.807) is 69.5 Å². The number of esters is 1. The van der Waals surface area contributed by atoms with E-state index in [2.05, 4.69) is 5.32 Å². The summed E-state index contributed by atoms with van der Waals surface area (Å²) in [6, 6.07) is 20.3. The molecule has 1 N–H and O–H groups in total. The molecule has 190 valence electrons. The fourth-order valence-electron chi connectivity index (χ4n) is 3.57. The molecular weight excluding hydrogens is 480 g/mol. The molecule has 0 unspecified atom stereocenters. The molecule has 0 saturated heterocycles. The van der Waals surface area contributed by atoms with E-state index in [1.807, 2.05) is 12.1 Å². The molecule has 0 saturated carbocycles. The van der Waals surface area contributed by atoms with Crippen molar-refractivity contribution >= 4 is 27.6 Å². The third kappa shape index (κ3) is 6.23. The highest BCUT2D eigenvalue weighted by Crippen LogP contribution is 2.26. The Labute approximate surface area is 211 Å². The van der Waals surface area contributed by atoms with E-state index < -0.39 is 28.0 Å². The van der Waals surface area contributed by atoms with E-state index in [0.717, 1.165) is 5.56 Å². The number of para-hydroxylation sites is 1. The van der Waals surface area contributed by atoms with Gasteiger partial charge in [-0.05, 0) is 68.3 Å². The van der Waals surface area contributed by atoms with Crippen molar-refractivity contribution in [2.75, 3.05) is 18.0 Å². The molecule has 3 aromatic carbocycles. The first-order valence-corrected chi connectivity index (χ1v) is 12.9. The third-order valence-electron chi connectivity index (χ3n) is 5.60. The van der Waals surface area contributed by atoms with Crippen molar-refractivity contribution < 1.29 is 27.5 Å². The molecule has 0 radical (unpaired) electrons. The predicted molar refractivity (Wildman–Crippen MR) is 138 cm³/mol. The normalized spacial score (nSPS) is 11.9. The topological polar surface area (TPSA) is 102 Å². The maximum absolute atomic E-state index is 13.5. The summed E-state index contributed by atoms with van der Waals surface area (Å²) < 4.78 is 38.6. The summed E-state index contributed by atoms with van der Waals surface area (Å²) in [6.45, 7) is 5.33. The number of rotatable bonds is 10. The molecule has 1 atom stereocenters. The Morgan fingerprint density at radius 3 is 2.28 bits per heavy atom. The Morgan fingerprint density at radius 1 is 1.00 bits per heavy atom. The van der Waals surface area contributed by atoms with Gasteiger partial charge in [0, 0.05) is 13.1 Å². The molecule has 0 aromatic heterocycles. The number of anilines is 1. The highest BCUT2D eigenvalue weighted by molar-refractivity contribution is 7.92. The van der Waals surface area contributed by atoms with Crippen molar-refractivity contribution in [3.05, 3.63) is 89.5 Å². The number of sulfonamides is 1. The van der Waals surface area contributed by atoms with Crippen molar-refractivity contribution in [1.82, 2.24) is 5.32 Å². The Bertz CT molecular complexity index is 1310. The van der Waals surface area contributed by atoms with Gasteiger partial charge in [-0.1, -0.05) is 36.4 Å². The van der Waals surface area contributed by atoms with Gasteiger partial charge in [0.25, 0.3) is 15.9 Å². The monoisotopic (exact) mass is 510 g/mol. The zero-order valence-corrected chi connectivity index (χ0v) is 21.5. The van der Waals surface area contributed by atoms with E-state index in [4.69, 9.17) is 9.47 Å². The van der Waals surface area contributed by atoms with Crippen LogP contribution in [0.1, 0.15) is 35.3 Å². The fourth-order valence-corrected chi connectivity index (χ4v) is 5.30. The van der Waals surface area contributed by atoms with Crippen molar-refractivity contribution in [2.24, 2.45) is 0 Å². The van der Waals surface area contributed by atoms with Gasteiger partial charge in [-0.25, -0.2) is 13.2 Å². The van der Waals surface area contributed by atoms with Crippen LogP contribution >= 0.6 is 0 Å². The number of amides is 1. The zero-order chi connectivity index (χ0) is 26.3. The van der Waals surface area contributed by atoms with Gasteiger partial charge in [-0.15, -0.1) is 0 Å². The van der Waals surface area contributed by atoms with Crippen molar-refractivity contribution in [3.8, 4) is 5.75 Å². The Balaban J connectivity index is 1.71. The van der Waals surface area contributed by atoms with Gasteiger partial charge in [0.1, 0.15) is 5.75 Å². The number of hydrogen-bond acceptors (Lipinski definition) is 6. The Kier molecular flexibility index (Phi) is 8.71. The summed E-state index contributed by atoms with van der Waals surface area (Å²) in [4.78, 5) is 25.2. The van der Waals surface area contributed by atoms with Crippen LogP contribution in [0.3, 0.4) is 0 Å². The number of aryl methyl sites for hydroxylation is 1. The van der Waals surface area contributed by atoms with E-state index in [-0.39, 0.29) is 23.5 Å². The van der Waals surface area contributed by atoms with Crippen LogP contribution < -0.4 is 14.4 Å². The molecule has 3 aromatic rings. The van der Waals surface area contributed by atoms with Crippen molar-refractivity contribution in [2.45, 2.75) is 38.3 Å².